The number of methoxy groups -OCH3 is 2. The van der Waals surface area contributed by atoms with Crippen molar-refractivity contribution < 1.29 is 9.47 Å². The van der Waals surface area contributed by atoms with Crippen molar-refractivity contribution in [2.45, 2.75) is 6.92 Å². The van der Waals surface area contributed by atoms with Crippen LogP contribution in [0.3, 0.4) is 0 Å². The van der Waals surface area contributed by atoms with E-state index in [1.165, 1.54) is 7.11 Å². The molecule has 2 aromatic carbocycles. The van der Waals surface area contributed by atoms with Crippen molar-refractivity contribution in [2.75, 3.05) is 14.2 Å². The highest BCUT2D eigenvalue weighted by Crippen LogP contribution is 2.39. The molecule has 110 valence electrons. The van der Waals surface area contributed by atoms with Crippen LogP contribution in [0.25, 0.3) is 22.0 Å². The Morgan fingerprint density at radius 2 is 1.86 bits per heavy atom. The van der Waals surface area contributed by atoms with Gasteiger partial charge in [-0.05, 0) is 30.7 Å². The average molecular weight is 292 g/mol. The average Bonchev–Trinajstić information content (AvgIpc) is 2.89. The van der Waals surface area contributed by atoms with Crippen LogP contribution in [0.2, 0.25) is 0 Å². The van der Waals surface area contributed by atoms with Crippen LogP contribution in [0.4, 0.5) is 0 Å². The van der Waals surface area contributed by atoms with E-state index in [1.54, 1.807) is 7.11 Å². The summed E-state index contributed by atoms with van der Waals surface area (Å²) in [6.07, 6.45) is 0. The van der Waals surface area contributed by atoms with Crippen molar-refractivity contribution in [3.8, 4) is 28.7 Å². The van der Waals surface area contributed by atoms with Gasteiger partial charge in [-0.3, -0.25) is 0 Å². The van der Waals surface area contributed by atoms with Gasteiger partial charge in [-0.25, -0.2) is 0 Å². The van der Waals surface area contributed by atoms with Gasteiger partial charge in [0.1, 0.15) is 6.07 Å². The van der Waals surface area contributed by atoms with Gasteiger partial charge in [0.2, 0.25) is 0 Å². The van der Waals surface area contributed by atoms with Crippen molar-refractivity contribution in [3.05, 3.63) is 47.7 Å². The first kappa shape index (κ1) is 14.0. The molecule has 0 aliphatic heterocycles. The van der Waals surface area contributed by atoms with Gasteiger partial charge in [0.15, 0.2) is 11.5 Å². The Bertz CT molecular complexity index is 888. The Kier molecular flexibility index (Phi) is 3.48. The minimum absolute atomic E-state index is 0.460. The summed E-state index contributed by atoms with van der Waals surface area (Å²) in [5.41, 5.74) is 4.60. The van der Waals surface area contributed by atoms with E-state index in [0.717, 1.165) is 27.7 Å². The summed E-state index contributed by atoms with van der Waals surface area (Å²) in [7, 11) is 3.11. The lowest BCUT2D eigenvalue weighted by molar-refractivity contribution is 0.354. The van der Waals surface area contributed by atoms with Gasteiger partial charge in [0.05, 0.1) is 19.8 Å². The molecule has 0 unspecified atom stereocenters. The number of nitrogens with one attached hydrogen (secondary N) is 1. The lowest BCUT2D eigenvalue weighted by atomic mass is 9.99. The van der Waals surface area contributed by atoms with E-state index >= 15 is 0 Å². The summed E-state index contributed by atoms with van der Waals surface area (Å²) in [4.78, 5) is 3.37. The monoisotopic (exact) mass is 292 g/mol. The van der Waals surface area contributed by atoms with Crippen LogP contribution in [0.1, 0.15) is 11.3 Å². The molecule has 0 atom stereocenters. The van der Waals surface area contributed by atoms with Gasteiger partial charge in [0, 0.05) is 22.2 Å². The van der Waals surface area contributed by atoms with Crippen LogP contribution < -0.4 is 9.47 Å². The molecule has 4 nitrogen and oxygen atoms in total. The standard InChI is InChI=1S/C18H16N2O2/c1-11-17(14-6-4-5-7-15(14)20-11)12-8-13(10-19)18(22-3)16(9-12)21-2/h4-9,20H,1-3H3. The molecule has 22 heavy (non-hydrogen) atoms. The third kappa shape index (κ3) is 2.08. The van der Waals surface area contributed by atoms with Crippen LogP contribution in [0, 0.1) is 18.3 Å². The van der Waals surface area contributed by atoms with E-state index in [-0.39, 0.29) is 0 Å². The molecule has 0 bridgehead atoms. The quantitative estimate of drug-likeness (QED) is 0.792. The van der Waals surface area contributed by atoms with Gasteiger partial charge in [0.25, 0.3) is 0 Å². The molecule has 0 aliphatic carbocycles. The lowest BCUT2D eigenvalue weighted by Crippen LogP contribution is -1.95. The van der Waals surface area contributed by atoms with Crippen molar-refractivity contribution in [1.29, 1.82) is 5.26 Å². The van der Waals surface area contributed by atoms with E-state index in [0.29, 0.717) is 17.1 Å². The van der Waals surface area contributed by atoms with Crippen LogP contribution in [0.5, 0.6) is 11.5 Å². The molecule has 1 N–H and O–H groups in total. The second kappa shape index (κ2) is 5.45. The molecule has 0 saturated carbocycles. The molecular weight excluding hydrogens is 276 g/mol. The van der Waals surface area contributed by atoms with E-state index in [1.807, 2.05) is 37.3 Å². The number of nitriles is 1. The van der Waals surface area contributed by atoms with Crippen molar-refractivity contribution in [1.82, 2.24) is 4.98 Å². The summed E-state index contributed by atoms with van der Waals surface area (Å²) < 4.78 is 10.7. The van der Waals surface area contributed by atoms with E-state index in [2.05, 4.69) is 17.1 Å². The van der Waals surface area contributed by atoms with E-state index in [9.17, 15) is 5.26 Å². The number of rotatable bonds is 3. The molecule has 1 aromatic heterocycles. The molecule has 0 aliphatic rings. The third-order valence-corrected chi connectivity index (χ3v) is 3.78. The maximum absolute atomic E-state index is 9.38. The van der Waals surface area contributed by atoms with Gasteiger partial charge >= 0.3 is 0 Å². The van der Waals surface area contributed by atoms with E-state index in [4.69, 9.17) is 9.47 Å². The van der Waals surface area contributed by atoms with Gasteiger partial charge in [-0.15, -0.1) is 0 Å². The van der Waals surface area contributed by atoms with Gasteiger partial charge < -0.3 is 14.5 Å². The summed E-state index contributed by atoms with van der Waals surface area (Å²) in [6.45, 7) is 2.03. The molecule has 4 heteroatoms. The Labute approximate surface area is 128 Å². The number of ether oxygens (including phenoxy) is 2. The topological polar surface area (TPSA) is 58.0 Å². The largest absolute Gasteiger partial charge is 0.493 e. The Morgan fingerprint density at radius 1 is 1.09 bits per heavy atom. The molecule has 0 saturated heterocycles. The highest BCUT2D eigenvalue weighted by molar-refractivity contribution is 5.98. The number of aryl methyl sites for hydroxylation is 1. The first-order valence-electron chi connectivity index (χ1n) is 6.93. The fourth-order valence-corrected chi connectivity index (χ4v) is 2.84. The first-order chi connectivity index (χ1) is 10.7. The van der Waals surface area contributed by atoms with Gasteiger partial charge in [-0.2, -0.15) is 5.26 Å². The number of benzene rings is 2. The fourth-order valence-electron chi connectivity index (χ4n) is 2.84. The van der Waals surface area contributed by atoms with E-state index < -0.39 is 0 Å². The zero-order chi connectivity index (χ0) is 15.7. The summed E-state index contributed by atoms with van der Waals surface area (Å²) in [5, 5.41) is 10.5. The van der Waals surface area contributed by atoms with Crippen LogP contribution >= 0.6 is 0 Å². The molecule has 3 aromatic rings. The minimum atomic E-state index is 0.460. The van der Waals surface area contributed by atoms with Gasteiger partial charge in [-0.1, -0.05) is 18.2 Å². The second-order valence-electron chi connectivity index (χ2n) is 5.04. The number of H-pyrrole nitrogens is 1. The number of hydrogen-bond donors (Lipinski definition) is 1. The molecular formula is C18H16N2O2. The number of nitrogens with zero attached hydrogens (tertiary/aromatic N) is 1. The Hall–Kier alpha value is -2.93. The molecule has 3 rings (SSSR count). The SMILES string of the molecule is COc1cc(-c2c(C)[nH]c3ccccc23)cc(C#N)c1OC. The molecule has 0 radical (unpaired) electrons. The normalized spacial score (nSPS) is 10.5. The highest BCUT2D eigenvalue weighted by Gasteiger charge is 2.16. The molecule has 0 fully saturated rings. The lowest BCUT2D eigenvalue weighted by Gasteiger charge is -2.12. The molecule has 1 heterocycles. The number of aromatic nitrogens is 1. The smallest absolute Gasteiger partial charge is 0.178 e. The third-order valence-electron chi connectivity index (χ3n) is 3.78. The zero-order valence-corrected chi connectivity index (χ0v) is 12.7. The fraction of sp³-hybridized carbons (Fsp3) is 0.167. The van der Waals surface area contributed by atoms with Crippen LogP contribution in [-0.4, -0.2) is 19.2 Å². The number of para-hydroxylation sites is 1. The summed E-state index contributed by atoms with van der Waals surface area (Å²) >= 11 is 0. The summed E-state index contributed by atoms with van der Waals surface area (Å²) in [5.74, 6) is 1.02. The predicted molar refractivity (Wildman–Crippen MR) is 86.3 cm³/mol. The highest BCUT2D eigenvalue weighted by atomic mass is 16.5. The molecule has 0 spiro atoms. The number of fused-ring (bicyclic) bond motifs is 1. The minimum Gasteiger partial charge on any atom is -0.493 e. The summed E-state index contributed by atoms with van der Waals surface area (Å²) in [6, 6.07) is 14.0. The van der Waals surface area contributed by atoms with Crippen molar-refractivity contribution in [2.24, 2.45) is 0 Å². The van der Waals surface area contributed by atoms with Crippen LogP contribution in [-0.2, 0) is 0 Å². The maximum Gasteiger partial charge on any atom is 0.178 e. The molecule has 0 amide bonds. The van der Waals surface area contributed by atoms with Crippen molar-refractivity contribution >= 4 is 10.9 Å². The number of hydrogen-bond acceptors (Lipinski definition) is 3. The second-order valence-corrected chi connectivity index (χ2v) is 5.04. The Morgan fingerprint density at radius 3 is 2.55 bits per heavy atom. The first-order valence-corrected chi connectivity index (χ1v) is 6.93. The Balaban J connectivity index is 2.32. The predicted octanol–water partition coefficient (Wildman–Crippen LogP) is 4.03. The number of aromatic amines is 1. The van der Waals surface area contributed by atoms with Crippen molar-refractivity contribution in [3.63, 3.8) is 0 Å². The maximum atomic E-state index is 9.38. The zero-order valence-electron chi connectivity index (χ0n) is 12.7. The van der Waals surface area contributed by atoms with Crippen LogP contribution in [0.15, 0.2) is 36.4 Å².